The summed E-state index contributed by atoms with van der Waals surface area (Å²) in [6.45, 7) is 2.08. The topological polar surface area (TPSA) is 41.1 Å². The maximum atomic E-state index is 11.0. The Morgan fingerprint density at radius 2 is 2.27 bits per heavy atom. The fraction of sp³-hybridized carbons (Fsp3) is 0.875. The van der Waals surface area contributed by atoms with Gasteiger partial charge in [0, 0.05) is 13.0 Å². The van der Waals surface area contributed by atoms with Gasteiger partial charge in [0.15, 0.2) is 0 Å². The molecule has 2 aliphatic rings. The molecule has 0 unspecified atom stereocenters. The molecule has 0 aromatic carbocycles. The van der Waals surface area contributed by atoms with E-state index >= 15 is 0 Å². The summed E-state index contributed by atoms with van der Waals surface area (Å²) in [5.41, 5.74) is 0.134. The fourth-order valence-corrected chi connectivity index (χ4v) is 2.06. The van der Waals surface area contributed by atoms with Crippen LogP contribution in [0.25, 0.3) is 0 Å². The van der Waals surface area contributed by atoms with E-state index in [4.69, 9.17) is 0 Å². The highest BCUT2D eigenvalue weighted by Crippen LogP contribution is 2.26. The van der Waals surface area contributed by atoms with Gasteiger partial charge in [-0.3, -0.25) is 4.79 Å². The van der Waals surface area contributed by atoms with Gasteiger partial charge in [-0.25, -0.2) is 0 Å². The van der Waals surface area contributed by atoms with Crippen molar-refractivity contribution in [2.24, 2.45) is 0 Å². The van der Waals surface area contributed by atoms with Gasteiger partial charge < -0.3 is 10.6 Å². The minimum absolute atomic E-state index is 0.134. The normalized spacial score (nSPS) is 37.6. The van der Waals surface area contributed by atoms with E-state index < -0.39 is 0 Å². The number of rotatable bonds is 0. The Morgan fingerprint density at radius 1 is 1.36 bits per heavy atom. The number of amides is 1. The summed E-state index contributed by atoms with van der Waals surface area (Å²) in [4.78, 5) is 11.0. The van der Waals surface area contributed by atoms with Gasteiger partial charge in [-0.2, -0.15) is 0 Å². The van der Waals surface area contributed by atoms with Crippen LogP contribution in [0.4, 0.5) is 0 Å². The van der Waals surface area contributed by atoms with Crippen molar-refractivity contribution in [3.63, 3.8) is 0 Å². The third-order valence-corrected chi connectivity index (χ3v) is 2.71. The van der Waals surface area contributed by atoms with Crippen LogP contribution in [0, 0.1) is 0 Å². The Bertz CT molecular complexity index is 173. The van der Waals surface area contributed by atoms with Crippen LogP contribution >= 0.6 is 0 Å². The lowest BCUT2D eigenvalue weighted by molar-refractivity contribution is -0.119. The van der Waals surface area contributed by atoms with E-state index in [0.29, 0.717) is 0 Å². The average molecular weight is 154 g/mol. The summed E-state index contributed by atoms with van der Waals surface area (Å²) in [6, 6.07) is 0. The highest BCUT2D eigenvalue weighted by Gasteiger charge is 2.38. The summed E-state index contributed by atoms with van der Waals surface area (Å²) >= 11 is 0. The predicted molar refractivity (Wildman–Crippen MR) is 42.2 cm³/mol. The summed E-state index contributed by atoms with van der Waals surface area (Å²) < 4.78 is 0. The highest BCUT2D eigenvalue weighted by molar-refractivity contribution is 5.79. The first-order chi connectivity index (χ1) is 5.31. The Balaban J connectivity index is 2.03. The Kier molecular flexibility index (Phi) is 1.60. The van der Waals surface area contributed by atoms with Crippen molar-refractivity contribution < 1.29 is 4.79 Å². The second-order valence-electron chi connectivity index (χ2n) is 3.61. The lowest BCUT2D eigenvalue weighted by atomic mass is 9.89. The molecule has 62 valence electrons. The van der Waals surface area contributed by atoms with Crippen molar-refractivity contribution in [1.29, 1.82) is 0 Å². The molecule has 1 atom stereocenters. The molecule has 2 fully saturated rings. The lowest BCUT2D eigenvalue weighted by Crippen LogP contribution is -2.52. The standard InChI is InChI=1S/C8H14N2O/c11-7-2-4-8(10-7)3-1-5-9-6-8/h9H,1-6H2,(H,10,11)/t8-/m1/s1. The monoisotopic (exact) mass is 154 g/mol. The van der Waals surface area contributed by atoms with E-state index in [0.717, 1.165) is 32.4 Å². The molecule has 11 heavy (non-hydrogen) atoms. The molecule has 2 aliphatic heterocycles. The second-order valence-corrected chi connectivity index (χ2v) is 3.61. The van der Waals surface area contributed by atoms with Gasteiger partial charge in [-0.05, 0) is 25.8 Å². The minimum atomic E-state index is 0.134. The zero-order valence-electron chi connectivity index (χ0n) is 6.65. The largest absolute Gasteiger partial charge is 0.349 e. The first kappa shape index (κ1) is 7.10. The van der Waals surface area contributed by atoms with Crippen LogP contribution in [0.1, 0.15) is 25.7 Å². The smallest absolute Gasteiger partial charge is 0.220 e. The van der Waals surface area contributed by atoms with E-state index in [-0.39, 0.29) is 11.4 Å². The van der Waals surface area contributed by atoms with Gasteiger partial charge in [-0.1, -0.05) is 0 Å². The molecule has 0 aromatic rings. The summed E-state index contributed by atoms with van der Waals surface area (Å²) in [6.07, 6.45) is 4.10. The zero-order chi connectivity index (χ0) is 7.73. The van der Waals surface area contributed by atoms with Gasteiger partial charge >= 0.3 is 0 Å². The summed E-state index contributed by atoms with van der Waals surface area (Å²) in [5, 5.41) is 6.39. The maximum Gasteiger partial charge on any atom is 0.220 e. The fourth-order valence-electron chi connectivity index (χ4n) is 2.06. The van der Waals surface area contributed by atoms with E-state index in [9.17, 15) is 4.79 Å². The Morgan fingerprint density at radius 3 is 2.82 bits per heavy atom. The van der Waals surface area contributed by atoms with Crippen LogP contribution in [0.3, 0.4) is 0 Å². The molecule has 0 bridgehead atoms. The number of hydrogen-bond donors (Lipinski definition) is 2. The van der Waals surface area contributed by atoms with Crippen LogP contribution in [0.2, 0.25) is 0 Å². The Hall–Kier alpha value is -0.570. The van der Waals surface area contributed by atoms with Crippen LogP contribution in [0.15, 0.2) is 0 Å². The molecule has 0 radical (unpaired) electrons. The molecule has 0 aliphatic carbocycles. The molecule has 2 heterocycles. The SMILES string of the molecule is O=C1CC[C@@]2(CCCNC2)N1. The minimum Gasteiger partial charge on any atom is -0.349 e. The van der Waals surface area contributed by atoms with Crippen molar-refractivity contribution in [3.8, 4) is 0 Å². The van der Waals surface area contributed by atoms with Crippen LogP contribution in [-0.4, -0.2) is 24.5 Å². The van der Waals surface area contributed by atoms with E-state index in [2.05, 4.69) is 10.6 Å². The first-order valence-corrected chi connectivity index (χ1v) is 4.33. The van der Waals surface area contributed by atoms with Crippen molar-refractivity contribution >= 4 is 5.91 Å². The summed E-state index contributed by atoms with van der Waals surface area (Å²) in [5.74, 6) is 0.230. The van der Waals surface area contributed by atoms with Crippen LogP contribution in [-0.2, 0) is 4.79 Å². The molecule has 0 aromatic heterocycles. The second kappa shape index (κ2) is 2.48. The third-order valence-electron chi connectivity index (χ3n) is 2.71. The van der Waals surface area contributed by atoms with Gasteiger partial charge in [-0.15, -0.1) is 0 Å². The van der Waals surface area contributed by atoms with Gasteiger partial charge in [0.2, 0.25) is 5.91 Å². The summed E-state index contributed by atoms with van der Waals surface area (Å²) in [7, 11) is 0. The van der Waals surface area contributed by atoms with E-state index in [1.807, 2.05) is 0 Å². The van der Waals surface area contributed by atoms with Crippen molar-refractivity contribution in [2.45, 2.75) is 31.2 Å². The number of nitrogens with one attached hydrogen (secondary N) is 2. The number of carbonyl (C=O) groups excluding carboxylic acids is 1. The zero-order valence-corrected chi connectivity index (χ0v) is 6.65. The molecule has 0 saturated carbocycles. The number of carbonyl (C=O) groups is 1. The number of piperidine rings is 1. The van der Waals surface area contributed by atoms with Gasteiger partial charge in [0.1, 0.15) is 0 Å². The third kappa shape index (κ3) is 1.25. The molecule has 3 nitrogen and oxygen atoms in total. The van der Waals surface area contributed by atoms with Crippen molar-refractivity contribution in [2.75, 3.05) is 13.1 Å². The van der Waals surface area contributed by atoms with Gasteiger partial charge in [0.25, 0.3) is 0 Å². The first-order valence-electron chi connectivity index (χ1n) is 4.33. The van der Waals surface area contributed by atoms with E-state index in [1.54, 1.807) is 0 Å². The average Bonchev–Trinajstić information content (AvgIpc) is 2.34. The maximum absolute atomic E-state index is 11.0. The van der Waals surface area contributed by atoms with Crippen molar-refractivity contribution in [1.82, 2.24) is 10.6 Å². The molecule has 1 spiro atoms. The van der Waals surface area contributed by atoms with E-state index in [1.165, 1.54) is 6.42 Å². The molecule has 2 N–H and O–H groups in total. The molecule has 1 amide bonds. The van der Waals surface area contributed by atoms with Gasteiger partial charge in [0.05, 0.1) is 5.54 Å². The van der Waals surface area contributed by atoms with Crippen LogP contribution < -0.4 is 10.6 Å². The molecule has 2 saturated heterocycles. The molecule has 3 heteroatoms. The number of hydrogen-bond acceptors (Lipinski definition) is 2. The molecule has 2 rings (SSSR count). The van der Waals surface area contributed by atoms with Crippen molar-refractivity contribution in [3.05, 3.63) is 0 Å². The highest BCUT2D eigenvalue weighted by atomic mass is 16.2. The van der Waals surface area contributed by atoms with Crippen LogP contribution in [0.5, 0.6) is 0 Å². The lowest BCUT2D eigenvalue weighted by Gasteiger charge is -2.33. The predicted octanol–water partition coefficient (Wildman–Crippen LogP) is 0.0186. The molecular formula is C8H14N2O. The molecular weight excluding hydrogens is 140 g/mol. The quantitative estimate of drug-likeness (QED) is 0.516. The Labute approximate surface area is 66.5 Å².